The molecule has 0 amide bonds. The first kappa shape index (κ1) is 24.8. The van der Waals surface area contributed by atoms with E-state index in [0.717, 1.165) is 36.3 Å². The monoisotopic (exact) mass is 435 g/mol. The minimum Gasteiger partial charge on any atom is -0.493 e. The lowest BCUT2D eigenvalue weighted by molar-refractivity contribution is 0.178. The van der Waals surface area contributed by atoms with Crippen molar-refractivity contribution in [1.29, 1.82) is 0 Å². The third-order valence-electron chi connectivity index (χ3n) is 7.19. The molecule has 1 saturated carbocycles. The number of aryl methyl sites for hydroxylation is 1. The SMILES string of the molecule is CCCCCCCCCc1ccc(-c2ccc(OCC3CCC(CCC)CC3)cc2)nc1. The van der Waals surface area contributed by atoms with Crippen molar-refractivity contribution in [2.75, 3.05) is 6.61 Å². The third kappa shape index (κ3) is 8.60. The van der Waals surface area contributed by atoms with Crippen LogP contribution in [0.15, 0.2) is 42.6 Å². The molecule has 0 unspecified atom stereocenters. The van der Waals surface area contributed by atoms with Crippen LogP contribution in [-0.4, -0.2) is 11.6 Å². The predicted octanol–water partition coefficient (Wildman–Crippen LogP) is 9.03. The zero-order valence-corrected chi connectivity index (χ0v) is 20.7. The van der Waals surface area contributed by atoms with E-state index >= 15 is 0 Å². The number of rotatable bonds is 14. The van der Waals surface area contributed by atoms with Crippen LogP contribution in [0.25, 0.3) is 11.3 Å². The summed E-state index contributed by atoms with van der Waals surface area (Å²) < 4.78 is 6.12. The molecule has 1 aromatic carbocycles. The van der Waals surface area contributed by atoms with E-state index < -0.39 is 0 Å². The molecule has 0 aliphatic heterocycles. The molecule has 0 radical (unpaired) electrons. The van der Waals surface area contributed by atoms with Crippen molar-refractivity contribution in [3.05, 3.63) is 48.2 Å². The fourth-order valence-corrected chi connectivity index (χ4v) is 5.06. The molecule has 1 aromatic heterocycles. The molecule has 2 aromatic rings. The van der Waals surface area contributed by atoms with Crippen LogP contribution < -0.4 is 4.74 Å². The maximum absolute atomic E-state index is 6.12. The van der Waals surface area contributed by atoms with Crippen LogP contribution in [0.5, 0.6) is 5.75 Å². The van der Waals surface area contributed by atoms with Crippen molar-refractivity contribution in [1.82, 2.24) is 4.98 Å². The zero-order chi connectivity index (χ0) is 22.4. The summed E-state index contributed by atoms with van der Waals surface area (Å²) in [5.41, 5.74) is 3.57. The first-order chi connectivity index (χ1) is 15.8. The Morgan fingerprint density at radius 3 is 2.09 bits per heavy atom. The Hall–Kier alpha value is -1.83. The van der Waals surface area contributed by atoms with Gasteiger partial charge in [0.25, 0.3) is 0 Å². The maximum Gasteiger partial charge on any atom is 0.119 e. The molecule has 0 saturated heterocycles. The van der Waals surface area contributed by atoms with Gasteiger partial charge in [0.15, 0.2) is 0 Å². The Labute approximate surface area is 197 Å². The van der Waals surface area contributed by atoms with Crippen molar-refractivity contribution in [3.63, 3.8) is 0 Å². The Morgan fingerprint density at radius 2 is 1.44 bits per heavy atom. The van der Waals surface area contributed by atoms with Crippen LogP contribution >= 0.6 is 0 Å². The van der Waals surface area contributed by atoms with Gasteiger partial charge >= 0.3 is 0 Å². The van der Waals surface area contributed by atoms with E-state index in [0.29, 0.717) is 0 Å². The Morgan fingerprint density at radius 1 is 0.750 bits per heavy atom. The normalized spacial score (nSPS) is 18.6. The minimum absolute atomic E-state index is 0.730. The second kappa shape index (κ2) is 14.3. The lowest BCUT2D eigenvalue weighted by Gasteiger charge is -2.28. The molecule has 0 N–H and O–H groups in total. The first-order valence-corrected chi connectivity index (χ1v) is 13.5. The van der Waals surface area contributed by atoms with Crippen molar-refractivity contribution in [2.45, 2.75) is 104 Å². The van der Waals surface area contributed by atoms with Crippen molar-refractivity contribution in [2.24, 2.45) is 11.8 Å². The molecule has 2 heteroatoms. The lowest BCUT2D eigenvalue weighted by Crippen LogP contribution is -2.20. The van der Waals surface area contributed by atoms with Gasteiger partial charge in [0.1, 0.15) is 5.75 Å². The molecule has 1 aliphatic rings. The number of pyridine rings is 1. The zero-order valence-electron chi connectivity index (χ0n) is 20.7. The standard InChI is InChI=1S/C30H45NO/c1-3-5-6-7-8-9-10-12-26-17-22-30(31-23-26)28-18-20-29(21-19-28)32-24-27-15-13-25(11-4-2)14-16-27/h17-23,25,27H,3-16,24H2,1-2H3. The van der Waals surface area contributed by atoms with Gasteiger partial charge in [-0.25, -0.2) is 0 Å². The topological polar surface area (TPSA) is 22.1 Å². The fraction of sp³-hybridized carbons (Fsp3) is 0.633. The molecular weight excluding hydrogens is 390 g/mol. The number of nitrogens with zero attached hydrogens (tertiary/aromatic N) is 1. The van der Waals surface area contributed by atoms with E-state index in [9.17, 15) is 0 Å². The quantitative estimate of drug-likeness (QED) is 0.276. The number of unbranched alkanes of at least 4 members (excludes halogenated alkanes) is 6. The Bertz CT molecular complexity index is 728. The Kier molecular flexibility index (Phi) is 11.1. The molecule has 0 spiro atoms. The molecule has 1 aliphatic carbocycles. The van der Waals surface area contributed by atoms with Gasteiger partial charge in [0.05, 0.1) is 12.3 Å². The molecule has 1 fully saturated rings. The van der Waals surface area contributed by atoms with E-state index in [2.05, 4.69) is 56.4 Å². The van der Waals surface area contributed by atoms with E-state index in [1.54, 1.807) is 0 Å². The average Bonchev–Trinajstić information content (AvgIpc) is 2.84. The van der Waals surface area contributed by atoms with E-state index in [1.165, 1.54) is 94.6 Å². The lowest BCUT2D eigenvalue weighted by atomic mass is 9.80. The highest BCUT2D eigenvalue weighted by Crippen LogP contribution is 2.32. The summed E-state index contributed by atoms with van der Waals surface area (Å²) in [7, 11) is 0. The Balaban J connectivity index is 1.37. The molecular formula is C30H45NO. The summed E-state index contributed by atoms with van der Waals surface area (Å²) in [4.78, 5) is 4.72. The molecule has 0 bridgehead atoms. The predicted molar refractivity (Wildman–Crippen MR) is 137 cm³/mol. The average molecular weight is 436 g/mol. The fourth-order valence-electron chi connectivity index (χ4n) is 5.06. The molecule has 0 atom stereocenters. The van der Waals surface area contributed by atoms with Gasteiger partial charge in [-0.2, -0.15) is 0 Å². The van der Waals surface area contributed by atoms with E-state index in [4.69, 9.17) is 9.72 Å². The van der Waals surface area contributed by atoms with Gasteiger partial charge < -0.3 is 4.74 Å². The van der Waals surface area contributed by atoms with Crippen LogP contribution in [0.4, 0.5) is 0 Å². The van der Waals surface area contributed by atoms with Crippen LogP contribution in [0.2, 0.25) is 0 Å². The molecule has 3 rings (SSSR count). The highest BCUT2D eigenvalue weighted by Gasteiger charge is 2.21. The van der Waals surface area contributed by atoms with E-state index in [1.807, 2.05) is 0 Å². The number of hydrogen-bond donors (Lipinski definition) is 0. The molecule has 1 heterocycles. The summed E-state index contributed by atoms with van der Waals surface area (Å²) in [6.07, 6.45) is 20.9. The van der Waals surface area contributed by atoms with Crippen LogP contribution in [0.1, 0.15) is 103 Å². The first-order valence-electron chi connectivity index (χ1n) is 13.5. The maximum atomic E-state index is 6.12. The summed E-state index contributed by atoms with van der Waals surface area (Å²) >= 11 is 0. The van der Waals surface area contributed by atoms with Gasteiger partial charge in [-0.1, -0.05) is 84.1 Å². The third-order valence-corrected chi connectivity index (χ3v) is 7.19. The second-order valence-electron chi connectivity index (χ2n) is 9.93. The van der Waals surface area contributed by atoms with Crippen LogP contribution in [0, 0.1) is 11.8 Å². The van der Waals surface area contributed by atoms with Crippen molar-refractivity contribution >= 4 is 0 Å². The van der Waals surface area contributed by atoms with E-state index in [-0.39, 0.29) is 0 Å². The second-order valence-corrected chi connectivity index (χ2v) is 9.93. The van der Waals surface area contributed by atoms with Gasteiger partial charge in [-0.05, 0) is 73.4 Å². The molecule has 2 nitrogen and oxygen atoms in total. The smallest absolute Gasteiger partial charge is 0.119 e. The number of ether oxygens (including phenoxy) is 1. The molecule has 32 heavy (non-hydrogen) atoms. The van der Waals surface area contributed by atoms with Gasteiger partial charge in [0.2, 0.25) is 0 Å². The number of hydrogen-bond acceptors (Lipinski definition) is 2. The van der Waals surface area contributed by atoms with Crippen LogP contribution in [-0.2, 0) is 6.42 Å². The highest BCUT2D eigenvalue weighted by molar-refractivity contribution is 5.60. The van der Waals surface area contributed by atoms with Gasteiger partial charge in [-0.3, -0.25) is 4.98 Å². The highest BCUT2D eigenvalue weighted by atomic mass is 16.5. The van der Waals surface area contributed by atoms with Gasteiger partial charge in [-0.15, -0.1) is 0 Å². The minimum atomic E-state index is 0.730. The largest absolute Gasteiger partial charge is 0.493 e. The number of benzene rings is 1. The summed E-state index contributed by atoms with van der Waals surface area (Å²) in [6.45, 7) is 5.45. The van der Waals surface area contributed by atoms with Gasteiger partial charge in [0, 0.05) is 11.8 Å². The summed E-state index contributed by atoms with van der Waals surface area (Å²) in [6, 6.07) is 12.9. The van der Waals surface area contributed by atoms with Crippen molar-refractivity contribution < 1.29 is 4.74 Å². The van der Waals surface area contributed by atoms with Crippen molar-refractivity contribution in [3.8, 4) is 17.0 Å². The molecule has 176 valence electrons. The summed E-state index contributed by atoms with van der Waals surface area (Å²) in [5.74, 6) is 2.68. The number of aromatic nitrogens is 1. The van der Waals surface area contributed by atoms with Crippen LogP contribution in [0.3, 0.4) is 0 Å². The summed E-state index contributed by atoms with van der Waals surface area (Å²) in [5, 5.41) is 0.